The van der Waals surface area contributed by atoms with Crippen molar-refractivity contribution in [2.24, 2.45) is 0 Å². The van der Waals surface area contributed by atoms with E-state index in [1.165, 1.54) is 0 Å². The highest BCUT2D eigenvalue weighted by atomic mass is 32.2. The summed E-state index contributed by atoms with van der Waals surface area (Å²) in [6.07, 6.45) is 3.48. The zero-order valence-corrected chi connectivity index (χ0v) is 24.8. The molecule has 1 aliphatic carbocycles. The minimum absolute atomic E-state index is 0.0521. The molecule has 2 fully saturated rings. The zero-order chi connectivity index (χ0) is 30.3. The molecule has 4 heterocycles. The van der Waals surface area contributed by atoms with Crippen LogP contribution >= 0.6 is 0 Å². The molecule has 2 aliphatic heterocycles. The quantitative estimate of drug-likeness (QED) is 0.428. The fourth-order valence-corrected chi connectivity index (χ4v) is 7.45. The summed E-state index contributed by atoms with van der Waals surface area (Å²) in [6, 6.07) is 12.0. The van der Waals surface area contributed by atoms with E-state index in [9.17, 15) is 22.0 Å². The van der Waals surface area contributed by atoms with Gasteiger partial charge >= 0.3 is 0 Å². The number of nitrogens with one attached hydrogen (secondary N) is 1. The molecule has 0 radical (unpaired) electrons. The topological polar surface area (TPSA) is 111 Å². The van der Waals surface area contributed by atoms with Crippen molar-refractivity contribution in [1.82, 2.24) is 15.3 Å². The van der Waals surface area contributed by atoms with Crippen molar-refractivity contribution in [3.63, 3.8) is 0 Å². The Labute approximate surface area is 249 Å². The molecule has 0 bridgehead atoms. The molecule has 3 aliphatic rings. The lowest BCUT2D eigenvalue weighted by atomic mass is 9.70. The smallest absolute Gasteiger partial charge is 0.251 e. The van der Waals surface area contributed by atoms with Gasteiger partial charge in [-0.3, -0.25) is 9.78 Å². The van der Waals surface area contributed by atoms with Crippen molar-refractivity contribution in [3.05, 3.63) is 77.0 Å². The summed E-state index contributed by atoms with van der Waals surface area (Å²) in [7, 11) is -4.49. The van der Waals surface area contributed by atoms with Crippen LogP contribution in [0.5, 0.6) is 5.75 Å². The lowest BCUT2D eigenvalue weighted by Crippen LogP contribution is -2.45. The van der Waals surface area contributed by atoms with Crippen molar-refractivity contribution < 1.29 is 31.5 Å². The highest BCUT2D eigenvalue weighted by Gasteiger charge is 2.36. The Balaban J connectivity index is 1.08. The van der Waals surface area contributed by atoms with Gasteiger partial charge in [-0.25, -0.2) is 22.2 Å². The molecule has 1 aromatic carbocycles. The van der Waals surface area contributed by atoms with E-state index in [-0.39, 0.29) is 30.9 Å². The predicted molar refractivity (Wildman–Crippen MR) is 155 cm³/mol. The molecule has 2 aromatic heterocycles. The molecule has 6 rings (SSSR count). The van der Waals surface area contributed by atoms with E-state index in [0.717, 1.165) is 55.1 Å². The number of anilines is 1. The van der Waals surface area contributed by atoms with Gasteiger partial charge in [0.05, 0.1) is 31.1 Å². The number of alkyl halides is 1. The molecule has 3 atom stereocenters. The molecule has 12 heteroatoms. The van der Waals surface area contributed by atoms with E-state index >= 15 is 0 Å². The van der Waals surface area contributed by atoms with Crippen molar-refractivity contribution >= 4 is 21.6 Å². The average Bonchev–Trinajstić information content (AvgIpc) is 3.06. The fourth-order valence-electron chi connectivity index (χ4n) is 6.06. The standard InChI is InChI=1S/C31H34F2N4O5S/c1-18-16-37(17-19(2)42-18)29-5-3-4-26(36-29)22-10-21(11-22)20-6-8-34-24(12-20)15-35-31(38)23-13-25(32)30-27(14-23)43(39,40)28(33)7-9-41-30/h3-6,8,12-14,18-19,21-22,28H,7,9-11,15-17H2,1-2H3,(H,35,38)/t18-,19+,21-,22-,28-/m1/s1. The highest BCUT2D eigenvalue weighted by molar-refractivity contribution is 7.92. The highest BCUT2D eigenvalue weighted by Crippen LogP contribution is 2.47. The molecule has 0 spiro atoms. The Kier molecular flexibility index (Phi) is 8.08. The summed E-state index contributed by atoms with van der Waals surface area (Å²) in [6.45, 7) is 5.56. The van der Waals surface area contributed by atoms with Gasteiger partial charge in [-0.05, 0) is 74.6 Å². The summed E-state index contributed by atoms with van der Waals surface area (Å²) in [5.74, 6) is -0.638. The Morgan fingerprint density at radius 3 is 2.63 bits per heavy atom. The third-order valence-electron chi connectivity index (χ3n) is 8.30. The number of hydrogen-bond acceptors (Lipinski definition) is 8. The fraction of sp³-hybridized carbons (Fsp3) is 0.452. The van der Waals surface area contributed by atoms with Crippen LogP contribution in [-0.4, -0.2) is 61.7 Å². The molecule has 3 aromatic rings. The molecular weight excluding hydrogens is 578 g/mol. The third-order valence-corrected chi connectivity index (χ3v) is 10.1. The number of carbonyl (C=O) groups is 1. The number of fused-ring (bicyclic) bond motifs is 1. The number of aromatic nitrogens is 2. The van der Waals surface area contributed by atoms with Gasteiger partial charge in [-0.1, -0.05) is 6.07 Å². The van der Waals surface area contributed by atoms with Crippen molar-refractivity contribution in [1.29, 1.82) is 0 Å². The number of pyridine rings is 2. The van der Waals surface area contributed by atoms with E-state index in [0.29, 0.717) is 17.5 Å². The van der Waals surface area contributed by atoms with E-state index < -0.39 is 44.1 Å². The van der Waals surface area contributed by atoms with Gasteiger partial charge in [0, 0.05) is 42.9 Å². The van der Waals surface area contributed by atoms with Crippen LogP contribution in [0.4, 0.5) is 14.6 Å². The number of benzene rings is 1. The van der Waals surface area contributed by atoms with Crippen LogP contribution in [0.2, 0.25) is 0 Å². The number of amides is 1. The number of morpholine rings is 1. The predicted octanol–water partition coefficient (Wildman–Crippen LogP) is 4.67. The normalized spacial score (nSPS) is 26.4. The lowest BCUT2D eigenvalue weighted by Gasteiger charge is -2.38. The van der Waals surface area contributed by atoms with Crippen molar-refractivity contribution in [2.45, 2.75) is 74.1 Å². The summed E-state index contributed by atoms with van der Waals surface area (Å²) in [4.78, 5) is 23.8. The minimum Gasteiger partial charge on any atom is -0.489 e. The Morgan fingerprint density at radius 1 is 1.09 bits per heavy atom. The lowest BCUT2D eigenvalue weighted by molar-refractivity contribution is -0.00548. The Morgan fingerprint density at radius 2 is 1.86 bits per heavy atom. The monoisotopic (exact) mass is 612 g/mol. The van der Waals surface area contributed by atoms with Gasteiger partial charge in [-0.2, -0.15) is 0 Å². The molecule has 1 amide bonds. The number of hydrogen-bond donors (Lipinski definition) is 1. The van der Waals surface area contributed by atoms with Gasteiger partial charge in [-0.15, -0.1) is 0 Å². The maximum atomic E-state index is 14.7. The summed E-state index contributed by atoms with van der Waals surface area (Å²) >= 11 is 0. The zero-order valence-electron chi connectivity index (χ0n) is 24.0. The van der Waals surface area contributed by atoms with Crippen LogP contribution in [0.3, 0.4) is 0 Å². The summed E-state index contributed by atoms with van der Waals surface area (Å²) in [5, 5.41) is 2.66. The number of carbonyl (C=O) groups excluding carboxylic acids is 1. The molecule has 1 saturated heterocycles. The first kappa shape index (κ1) is 29.4. The van der Waals surface area contributed by atoms with Gasteiger partial charge in [0.1, 0.15) is 10.7 Å². The molecule has 0 unspecified atom stereocenters. The van der Waals surface area contributed by atoms with Gasteiger partial charge in [0.25, 0.3) is 5.91 Å². The van der Waals surface area contributed by atoms with Crippen LogP contribution in [0.25, 0.3) is 0 Å². The van der Waals surface area contributed by atoms with Crippen LogP contribution < -0.4 is 15.0 Å². The SMILES string of the molecule is C[C@@H]1CN(c2cccc([C@H]3C[C@H](c4ccnc(CNC(=O)c5cc(F)c6c(c5)S(=O)(=O)[C@@H](F)CCO6)c4)C3)n2)C[C@H](C)O1. The Bertz CT molecular complexity index is 1620. The first-order valence-electron chi connectivity index (χ1n) is 14.5. The minimum atomic E-state index is -4.49. The molecule has 1 N–H and O–H groups in total. The number of halogens is 2. The second-order valence-electron chi connectivity index (χ2n) is 11.6. The second kappa shape index (κ2) is 11.8. The van der Waals surface area contributed by atoms with Crippen molar-refractivity contribution in [3.8, 4) is 5.75 Å². The first-order chi connectivity index (χ1) is 20.6. The van der Waals surface area contributed by atoms with E-state index in [4.69, 9.17) is 14.5 Å². The molecular formula is C31H34F2N4O5S. The molecule has 1 saturated carbocycles. The van der Waals surface area contributed by atoms with Crippen LogP contribution in [0, 0.1) is 5.82 Å². The largest absolute Gasteiger partial charge is 0.489 e. The molecule has 43 heavy (non-hydrogen) atoms. The van der Waals surface area contributed by atoms with Gasteiger partial charge < -0.3 is 19.7 Å². The maximum Gasteiger partial charge on any atom is 0.251 e. The first-order valence-corrected chi connectivity index (χ1v) is 16.1. The van der Waals surface area contributed by atoms with E-state index in [2.05, 4.69) is 47.2 Å². The van der Waals surface area contributed by atoms with Crippen molar-refractivity contribution in [2.75, 3.05) is 24.6 Å². The number of rotatable bonds is 6. The maximum absolute atomic E-state index is 14.7. The van der Waals surface area contributed by atoms with Crippen LogP contribution in [0.15, 0.2) is 53.6 Å². The average molecular weight is 613 g/mol. The summed E-state index contributed by atoms with van der Waals surface area (Å²) in [5.41, 5.74) is 0.324. The third kappa shape index (κ3) is 6.08. The van der Waals surface area contributed by atoms with E-state index in [1.807, 2.05) is 12.1 Å². The summed E-state index contributed by atoms with van der Waals surface area (Å²) < 4.78 is 64.9. The van der Waals surface area contributed by atoms with Gasteiger partial charge in [0.15, 0.2) is 11.6 Å². The van der Waals surface area contributed by atoms with E-state index in [1.54, 1.807) is 6.20 Å². The number of sulfone groups is 1. The van der Waals surface area contributed by atoms with Crippen LogP contribution in [0.1, 0.15) is 72.3 Å². The molecule has 228 valence electrons. The second-order valence-corrected chi connectivity index (χ2v) is 13.6. The Hall–Kier alpha value is -3.64. The molecule has 9 nitrogen and oxygen atoms in total. The van der Waals surface area contributed by atoms with Crippen LogP contribution in [-0.2, 0) is 21.1 Å². The van der Waals surface area contributed by atoms with Gasteiger partial charge in [0.2, 0.25) is 15.3 Å². The number of nitrogens with zero attached hydrogens (tertiary/aromatic N) is 3. The number of ether oxygens (including phenoxy) is 2.